The Morgan fingerprint density at radius 1 is 1.30 bits per heavy atom. The molecule has 0 aliphatic carbocycles. The first kappa shape index (κ1) is 12.9. The van der Waals surface area contributed by atoms with Crippen molar-refractivity contribution in [1.82, 2.24) is 4.90 Å². The van der Waals surface area contributed by atoms with Crippen molar-refractivity contribution in [3.63, 3.8) is 0 Å². The van der Waals surface area contributed by atoms with E-state index in [1.54, 1.807) is 0 Å². The SMILES string of the molecule is O=C(O)c1ccoc1CN1CCC(c2ccccc2)C1. The third kappa shape index (κ3) is 2.60. The van der Waals surface area contributed by atoms with Crippen LogP contribution < -0.4 is 0 Å². The number of aromatic carboxylic acids is 1. The van der Waals surface area contributed by atoms with Crippen LogP contribution in [0, 0.1) is 0 Å². The number of carbonyl (C=O) groups is 1. The Hall–Kier alpha value is -2.07. The molecule has 1 saturated heterocycles. The molecular formula is C16H17NO3. The Labute approximate surface area is 117 Å². The number of carboxylic acids is 1. The molecule has 0 radical (unpaired) electrons. The predicted molar refractivity (Wildman–Crippen MR) is 74.7 cm³/mol. The monoisotopic (exact) mass is 271 g/mol. The standard InChI is InChI=1S/C16H17NO3/c18-16(19)14-7-9-20-15(14)11-17-8-6-13(10-17)12-4-2-1-3-5-12/h1-5,7,9,13H,6,8,10-11H2,(H,18,19). The van der Waals surface area contributed by atoms with Crippen molar-refractivity contribution in [3.8, 4) is 0 Å². The average molecular weight is 271 g/mol. The summed E-state index contributed by atoms with van der Waals surface area (Å²) in [4.78, 5) is 13.3. The number of benzene rings is 1. The van der Waals surface area contributed by atoms with Gasteiger partial charge in [0, 0.05) is 6.54 Å². The average Bonchev–Trinajstić information content (AvgIpc) is 3.09. The Kier molecular flexibility index (Phi) is 3.56. The quantitative estimate of drug-likeness (QED) is 0.928. The minimum absolute atomic E-state index is 0.271. The molecule has 0 bridgehead atoms. The fourth-order valence-corrected chi connectivity index (χ4v) is 2.83. The van der Waals surface area contributed by atoms with Gasteiger partial charge in [-0.1, -0.05) is 30.3 Å². The summed E-state index contributed by atoms with van der Waals surface area (Å²) in [5.41, 5.74) is 1.63. The van der Waals surface area contributed by atoms with Crippen molar-refractivity contribution in [2.45, 2.75) is 18.9 Å². The second-order valence-electron chi connectivity index (χ2n) is 5.19. The Morgan fingerprint density at radius 2 is 2.10 bits per heavy atom. The first-order valence-corrected chi connectivity index (χ1v) is 6.81. The van der Waals surface area contributed by atoms with Gasteiger partial charge in [0.2, 0.25) is 0 Å². The van der Waals surface area contributed by atoms with Crippen LogP contribution in [0.15, 0.2) is 47.1 Å². The highest BCUT2D eigenvalue weighted by Gasteiger charge is 2.25. The van der Waals surface area contributed by atoms with Crippen molar-refractivity contribution < 1.29 is 14.3 Å². The number of furan rings is 1. The van der Waals surface area contributed by atoms with Gasteiger partial charge < -0.3 is 9.52 Å². The first-order valence-electron chi connectivity index (χ1n) is 6.81. The maximum absolute atomic E-state index is 11.1. The summed E-state index contributed by atoms with van der Waals surface area (Å²) in [6.07, 6.45) is 2.55. The van der Waals surface area contributed by atoms with Gasteiger partial charge in [-0.25, -0.2) is 4.79 Å². The van der Waals surface area contributed by atoms with Gasteiger partial charge >= 0.3 is 5.97 Å². The van der Waals surface area contributed by atoms with Crippen molar-refractivity contribution in [3.05, 3.63) is 59.5 Å². The van der Waals surface area contributed by atoms with Crippen molar-refractivity contribution in [1.29, 1.82) is 0 Å². The van der Waals surface area contributed by atoms with Crippen LogP contribution in [-0.2, 0) is 6.54 Å². The fourth-order valence-electron chi connectivity index (χ4n) is 2.83. The van der Waals surface area contributed by atoms with E-state index in [1.165, 1.54) is 17.9 Å². The van der Waals surface area contributed by atoms with Crippen LogP contribution in [0.4, 0.5) is 0 Å². The van der Waals surface area contributed by atoms with Gasteiger partial charge in [0.05, 0.1) is 12.8 Å². The molecule has 0 spiro atoms. The molecule has 1 aromatic carbocycles. The summed E-state index contributed by atoms with van der Waals surface area (Å²) in [7, 11) is 0. The molecule has 3 rings (SSSR count). The van der Waals surface area contributed by atoms with Crippen LogP contribution in [0.5, 0.6) is 0 Å². The molecule has 2 aromatic rings. The second-order valence-corrected chi connectivity index (χ2v) is 5.19. The Balaban J connectivity index is 1.66. The van der Waals surface area contributed by atoms with Gasteiger partial charge in [-0.3, -0.25) is 4.90 Å². The number of hydrogen-bond donors (Lipinski definition) is 1. The molecule has 1 N–H and O–H groups in total. The summed E-state index contributed by atoms with van der Waals surface area (Å²) in [6, 6.07) is 12.0. The highest BCUT2D eigenvalue weighted by Crippen LogP contribution is 2.28. The van der Waals surface area contributed by atoms with Gasteiger partial charge in [0.1, 0.15) is 11.3 Å². The van der Waals surface area contributed by atoms with Crippen LogP contribution in [0.25, 0.3) is 0 Å². The smallest absolute Gasteiger partial charge is 0.339 e. The highest BCUT2D eigenvalue weighted by molar-refractivity contribution is 5.88. The number of likely N-dealkylation sites (tertiary alicyclic amines) is 1. The lowest BCUT2D eigenvalue weighted by Gasteiger charge is -2.15. The lowest BCUT2D eigenvalue weighted by molar-refractivity contribution is 0.0693. The van der Waals surface area contributed by atoms with E-state index in [0.717, 1.165) is 19.5 Å². The molecule has 4 heteroatoms. The van der Waals surface area contributed by atoms with Gasteiger partial charge in [0.15, 0.2) is 0 Å². The van der Waals surface area contributed by atoms with Crippen molar-refractivity contribution in [2.24, 2.45) is 0 Å². The van der Waals surface area contributed by atoms with Crippen molar-refractivity contribution in [2.75, 3.05) is 13.1 Å². The molecule has 1 aliphatic heterocycles. The number of rotatable bonds is 4. The van der Waals surface area contributed by atoms with Crippen LogP contribution >= 0.6 is 0 Å². The zero-order valence-corrected chi connectivity index (χ0v) is 11.2. The minimum atomic E-state index is -0.924. The van der Waals surface area contributed by atoms with E-state index in [-0.39, 0.29) is 5.56 Å². The van der Waals surface area contributed by atoms with Crippen LogP contribution in [0.1, 0.15) is 34.0 Å². The van der Waals surface area contributed by atoms with E-state index in [9.17, 15) is 4.79 Å². The normalized spacial score (nSPS) is 19.3. The number of nitrogens with zero attached hydrogens (tertiary/aromatic N) is 1. The molecule has 1 aliphatic rings. The van der Waals surface area contributed by atoms with E-state index >= 15 is 0 Å². The summed E-state index contributed by atoms with van der Waals surface area (Å²) in [5, 5.41) is 9.08. The van der Waals surface area contributed by atoms with Gasteiger partial charge in [0.25, 0.3) is 0 Å². The predicted octanol–water partition coefficient (Wildman–Crippen LogP) is 2.97. The molecule has 4 nitrogen and oxygen atoms in total. The summed E-state index contributed by atoms with van der Waals surface area (Å²) >= 11 is 0. The fraction of sp³-hybridized carbons (Fsp3) is 0.312. The summed E-state index contributed by atoms with van der Waals surface area (Å²) in [5.74, 6) is 0.151. The molecule has 0 amide bonds. The largest absolute Gasteiger partial charge is 0.478 e. The third-order valence-electron chi connectivity index (χ3n) is 3.89. The maximum Gasteiger partial charge on any atom is 0.339 e. The van der Waals surface area contributed by atoms with E-state index in [1.807, 2.05) is 6.07 Å². The zero-order valence-electron chi connectivity index (χ0n) is 11.2. The Morgan fingerprint density at radius 3 is 2.85 bits per heavy atom. The molecule has 1 atom stereocenters. The lowest BCUT2D eigenvalue weighted by atomic mass is 9.99. The highest BCUT2D eigenvalue weighted by atomic mass is 16.4. The van der Waals surface area contributed by atoms with E-state index < -0.39 is 5.97 Å². The molecule has 1 unspecified atom stereocenters. The zero-order chi connectivity index (χ0) is 13.9. The molecule has 1 fully saturated rings. The Bertz CT molecular complexity index is 591. The molecular weight excluding hydrogens is 254 g/mol. The van der Waals surface area contributed by atoms with E-state index in [2.05, 4.69) is 29.2 Å². The number of carboxylic acid groups (broad SMARTS) is 1. The van der Waals surface area contributed by atoms with Gasteiger partial charge in [-0.15, -0.1) is 0 Å². The van der Waals surface area contributed by atoms with Gasteiger partial charge in [-0.2, -0.15) is 0 Å². The molecule has 1 aromatic heterocycles. The van der Waals surface area contributed by atoms with Crippen LogP contribution in [-0.4, -0.2) is 29.1 Å². The molecule has 0 saturated carbocycles. The summed E-state index contributed by atoms with van der Waals surface area (Å²) < 4.78 is 5.31. The third-order valence-corrected chi connectivity index (χ3v) is 3.89. The lowest BCUT2D eigenvalue weighted by Crippen LogP contribution is -2.20. The van der Waals surface area contributed by atoms with Crippen LogP contribution in [0.2, 0.25) is 0 Å². The second kappa shape index (κ2) is 5.51. The topological polar surface area (TPSA) is 53.7 Å². The van der Waals surface area contributed by atoms with Crippen LogP contribution in [0.3, 0.4) is 0 Å². The first-order chi connectivity index (χ1) is 9.74. The molecule has 104 valence electrons. The maximum atomic E-state index is 11.1. The summed E-state index contributed by atoms with van der Waals surface area (Å²) in [6.45, 7) is 2.49. The minimum Gasteiger partial charge on any atom is -0.478 e. The molecule has 2 heterocycles. The van der Waals surface area contributed by atoms with Gasteiger partial charge in [-0.05, 0) is 30.5 Å². The number of hydrogen-bond acceptors (Lipinski definition) is 3. The molecule has 20 heavy (non-hydrogen) atoms. The van der Waals surface area contributed by atoms with Crippen molar-refractivity contribution >= 4 is 5.97 Å². The van der Waals surface area contributed by atoms with E-state index in [0.29, 0.717) is 18.2 Å². The van der Waals surface area contributed by atoms with E-state index in [4.69, 9.17) is 9.52 Å².